The molecule has 3 aromatic heterocycles. The second kappa shape index (κ2) is 12.9. The fraction of sp³-hybridized carbons (Fsp3) is 0.500. The maximum absolute atomic E-state index is 12.9. The van der Waals surface area contributed by atoms with Gasteiger partial charge in [-0.05, 0) is 24.1 Å². The summed E-state index contributed by atoms with van der Waals surface area (Å²) < 4.78 is 72.1. The molecule has 0 aromatic carbocycles. The lowest BCUT2D eigenvalue weighted by atomic mass is 10.0. The number of anilines is 2. The molecule has 1 atom stereocenters. The Kier molecular flexibility index (Phi) is 10.2. The monoisotopic (exact) mass is 614 g/mol. The second-order valence-corrected chi connectivity index (χ2v) is 18.9. The highest BCUT2D eigenvalue weighted by Gasteiger charge is 2.31. The number of sulfonamides is 1. The third-order valence-electron chi connectivity index (χ3n) is 6.03. The Labute approximate surface area is 239 Å². The van der Waals surface area contributed by atoms with E-state index in [1.807, 2.05) is 0 Å². The first kappa shape index (κ1) is 32.5. The summed E-state index contributed by atoms with van der Waals surface area (Å²) in [5, 5.41) is 5.55. The molecule has 0 spiro atoms. The predicted octanol–water partition coefficient (Wildman–Crippen LogP) is 4.90. The van der Waals surface area contributed by atoms with Gasteiger partial charge in [0, 0.05) is 43.6 Å². The number of carbonyl (C=O) groups is 1. The summed E-state index contributed by atoms with van der Waals surface area (Å²) in [7, 11) is -4.85. The molecule has 3 heterocycles. The van der Waals surface area contributed by atoms with E-state index in [4.69, 9.17) is 4.74 Å². The van der Waals surface area contributed by atoms with Crippen LogP contribution in [0.3, 0.4) is 0 Å². The first-order chi connectivity index (χ1) is 18.9. The number of nitrogens with one attached hydrogen (secondary N) is 3. The number of pyridine rings is 2. The Morgan fingerprint density at radius 1 is 1.12 bits per heavy atom. The molecule has 226 valence electrons. The van der Waals surface area contributed by atoms with Crippen molar-refractivity contribution in [2.45, 2.75) is 58.5 Å². The second-order valence-electron chi connectivity index (χ2n) is 11.5. The van der Waals surface area contributed by atoms with Gasteiger partial charge in [-0.2, -0.15) is 13.2 Å². The minimum atomic E-state index is -4.46. The molecule has 3 aromatic rings. The van der Waals surface area contributed by atoms with Crippen molar-refractivity contribution in [3.63, 3.8) is 0 Å². The number of nitrogens with zero attached hydrogens (tertiary/aromatic N) is 3. The smallest absolute Gasteiger partial charge is 0.361 e. The molecule has 3 rings (SSSR count). The number of carbonyl (C=O) groups excluding carboxylic acids is 1. The SMILES string of the molecule is CC(C)[C@H](NCC(F)(F)F)C(=O)Nc1cncc(-c2cn(COCC[Si](C)(C)C)c3ncc(NS(C)(=O)=O)cc23)c1. The summed E-state index contributed by atoms with van der Waals surface area (Å²) in [5.41, 5.74) is 2.34. The van der Waals surface area contributed by atoms with Crippen molar-refractivity contribution in [2.75, 3.05) is 29.4 Å². The molecular weight excluding hydrogens is 577 g/mol. The molecule has 15 heteroatoms. The lowest BCUT2D eigenvalue weighted by Gasteiger charge is -2.22. The fourth-order valence-electron chi connectivity index (χ4n) is 4.04. The number of halogens is 3. The molecular formula is C26H37F3N6O4SSi. The standard InChI is InChI=1S/C26H37F3N6O4SSi/c1-17(2)23(32-15-26(27,28)29)25(36)33-19-9-18(11-30-12-19)22-14-35(16-39-7-8-41(4,5)6)24-21(22)10-20(13-31-24)34-40(3,37)38/h9-14,17,23,32,34H,7-8,15-16H2,1-6H3,(H,33,36)/t23-/m0/s1. The van der Waals surface area contributed by atoms with Crippen molar-refractivity contribution in [3.8, 4) is 11.1 Å². The van der Waals surface area contributed by atoms with Crippen molar-refractivity contribution in [1.82, 2.24) is 19.9 Å². The average molecular weight is 615 g/mol. The molecule has 3 N–H and O–H groups in total. The Morgan fingerprint density at radius 3 is 2.44 bits per heavy atom. The van der Waals surface area contributed by atoms with Crippen LogP contribution >= 0.6 is 0 Å². The quantitative estimate of drug-likeness (QED) is 0.185. The fourth-order valence-corrected chi connectivity index (χ4v) is 5.34. The van der Waals surface area contributed by atoms with Gasteiger partial charge in [-0.25, -0.2) is 13.4 Å². The summed E-state index contributed by atoms with van der Waals surface area (Å²) >= 11 is 0. The van der Waals surface area contributed by atoms with Crippen LogP contribution in [-0.2, 0) is 26.3 Å². The van der Waals surface area contributed by atoms with Gasteiger partial charge in [-0.3, -0.25) is 19.8 Å². The van der Waals surface area contributed by atoms with E-state index in [-0.39, 0.29) is 18.1 Å². The van der Waals surface area contributed by atoms with Gasteiger partial charge in [-0.1, -0.05) is 33.5 Å². The zero-order chi connectivity index (χ0) is 30.6. The van der Waals surface area contributed by atoms with Gasteiger partial charge in [0.1, 0.15) is 12.4 Å². The maximum Gasteiger partial charge on any atom is 0.401 e. The van der Waals surface area contributed by atoms with Crippen LogP contribution in [-0.4, -0.2) is 68.6 Å². The first-order valence-corrected chi connectivity index (χ1v) is 18.6. The van der Waals surface area contributed by atoms with Crippen LogP contribution in [0.4, 0.5) is 24.5 Å². The summed E-state index contributed by atoms with van der Waals surface area (Å²) in [5.74, 6) is -1.03. The van der Waals surface area contributed by atoms with Crippen molar-refractivity contribution in [1.29, 1.82) is 0 Å². The molecule has 0 saturated carbocycles. The minimum Gasteiger partial charge on any atom is -0.361 e. The Morgan fingerprint density at radius 2 is 1.83 bits per heavy atom. The highest BCUT2D eigenvalue weighted by Crippen LogP contribution is 2.32. The van der Waals surface area contributed by atoms with E-state index in [0.717, 1.165) is 12.3 Å². The van der Waals surface area contributed by atoms with Gasteiger partial charge in [0.15, 0.2) is 0 Å². The van der Waals surface area contributed by atoms with E-state index in [9.17, 15) is 26.4 Å². The van der Waals surface area contributed by atoms with E-state index in [2.05, 4.69) is 45.0 Å². The number of rotatable bonds is 13. The van der Waals surface area contributed by atoms with Gasteiger partial charge >= 0.3 is 6.18 Å². The van der Waals surface area contributed by atoms with E-state index in [1.54, 1.807) is 42.9 Å². The van der Waals surface area contributed by atoms with Gasteiger partial charge in [0.2, 0.25) is 15.9 Å². The first-order valence-electron chi connectivity index (χ1n) is 13.0. The van der Waals surface area contributed by atoms with Crippen molar-refractivity contribution >= 4 is 46.4 Å². The molecule has 41 heavy (non-hydrogen) atoms. The van der Waals surface area contributed by atoms with Crippen LogP contribution in [0.15, 0.2) is 36.9 Å². The molecule has 0 fully saturated rings. The molecule has 0 aliphatic rings. The highest BCUT2D eigenvalue weighted by atomic mass is 32.2. The van der Waals surface area contributed by atoms with Gasteiger partial charge in [0.05, 0.1) is 42.6 Å². The Hall–Kier alpha value is -3.01. The van der Waals surface area contributed by atoms with Crippen LogP contribution in [0.2, 0.25) is 25.7 Å². The number of hydrogen-bond donors (Lipinski definition) is 3. The van der Waals surface area contributed by atoms with E-state index in [0.29, 0.717) is 28.8 Å². The number of hydrogen-bond acceptors (Lipinski definition) is 7. The van der Waals surface area contributed by atoms with Crippen LogP contribution < -0.4 is 15.4 Å². The Balaban J connectivity index is 1.94. The van der Waals surface area contributed by atoms with Gasteiger partial charge < -0.3 is 14.6 Å². The number of ether oxygens (including phenoxy) is 1. The minimum absolute atomic E-state index is 0.220. The van der Waals surface area contributed by atoms with E-state index in [1.165, 1.54) is 12.4 Å². The predicted molar refractivity (Wildman–Crippen MR) is 157 cm³/mol. The number of alkyl halides is 3. The van der Waals surface area contributed by atoms with E-state index >= 15 is 0 Å². The summed E-state index contributed by atoms with van der Waals surface area (Å²) in [4.78, 5) is 21.6. The molecule has 0 bridgehead atoms. The van der Waals surface area contributed by atoms with Crippen molar-refractivity contribution in [2.24, 2.45) is 5.92 Å². The third-order valence-corrected chi connectivity index (χ3v) is 8.34. The van der Waals surface area contributed by atoms with Crippen LogP contribution in [0, 0.1) is 5.92 Å². The molecule has 0 aliphatic carbocycles. The van der Waals surface area contributed by atoms with Crippen LogP contribution in [0.1, 0.15) is 13.8 Å². The Bertz CT molecular complexity index is 1470. The van der Waals surface area contributed by atoms with Crippen LogP contribution in [0.25, 0.3) is 22.2 Å². The van der Waals surface area contributed by atoms with Gasteiger partial charge in [-0.15, -0.1) is 0 Å². The molecule has 0 aliphatic heterocycles. The summed E-state index contributed by atoms with van der Waals surface area (Å²) in [6.07, 6.45) is 2.77. The largest absolute Gasteiger partial charge is 0.401 e. The highest BCUT2D eigenvalue weighted by molar-refractivity contribution is 7.92. The summed E-state index contributed by atoms with van der Waals surface area (Å²) in [6.45, 7) is 9.58. The van der Waals surface area contributed by atoms with Crippen LogP contribution in [0.5, 0.6) is 0 Å². The zero-order valence-electron chi connectivity index (χ0n) is 24.0. The normalized spacial score (nSPS) is 13.5. The molecule has 0 saturated heterocycles. The van der Waals surface area contributed by atoms with Gasteiger partial charge in [0.25, 0.3) is 0 Å². The molecule has 0 radical (unpaired) electrons. The summed E-state index contributed by atoms with van der Waals surface area (Å²) in [6, 6.07) is 3.20. The van der Waals surface area contributed by atoms with E-state index < -0.39 is 48.7 Å². The lowest BCUT2D eigenvalue weighted by molar-refractivity contribution is -0.131. The molecule has 1 amide bonds. The maximum atomic E-state index is 12.9. The number of amides is 1. The third kappa shape index (κ3) is 10.1. The topological polar surface area (TPSA) is 127 Å². The molecule has 0 unspecified atom stereocenters. The van der Waals surface area contributed by atoms with Crippen molar-refractivity contribution in [3.05, 3.63) is 36.9 Å². The number of aromatic nitrogens is 3. The lowest BCUT2D eigenvalue weighted by Crippen LogP contribution is -2.47. The zero-order valence-corrected chi connectivity index (χ0v) is 25.8. The molecule has 10 nitrogen and oxygen atoms in total. The average Bonchev–Trinajstić information content (AvgIpc) is 3.17. The number of fused-ring (bicyclic) bond motifs is 1. The van der Waals surface area contributed by atoms with Crippen molar-refractivity contribution < 1.29 is 31.1 Å².